The Kier molecular flexibility index (Phi) is 3.21. The molecule has 1 aliphatic rings. The Morgan fingerprint density at radius 1 is 1.50 bits per heavy atom. The molecule has 1 fully saturated rings. The first-order valence-electron chi connectivity index (χ1n) is 5.58. The van der Waals surface area contributed by atoms with Crippen LogP contribution in [0.5, 0.6) is 0 Å². The Labute approximate surface area is 95.1 Å². The average Bonchev–Trinajstić information content (AvgIpc) is 2.24. The van der Waals surface area contributed by atoms with Crippen molar-refractivity contribution in [2.45, 2.75) is 25.7 Å². The summed E-state index contributed by atoms with van der Waals surface area (Å²) in [5.41, 5.74) is 1.28. The highest BCUT2D eigenvalue weighted by atomic mass is 16.1. The molecule has 0 radical (unpaired) electrons. The lowest BCUT2D eigenvalue weighted by Gasteiger charge is -2.24. The quantitative estimate of drug-likeness (QED) is 0.841. The molecule has 2 rings (SSSR count). The van der Waals surface area contributed by atoms with Gasteiger partial charge in [-0.1, -0.05) is 12.5 Å². The Bertz CT molecular complexity index is 430. The van der Waals surface area contributed by atoms with E-state index in [2.05, 4.69) is 11.4 Å². The Balaban J connectivity index is 1.92. The maximum absolute atomic E-state index is 11.6. The fourth-order valence-corrected chi connectivity index (χ4v) is 1.84. The second kappa shape index (κ2) is 4.80. The minimum absolute atomic E-state index is 0.0554. The van der Waals surface area contributed by atoms with E-state index in [9.17, 15) is 4.79 Å². The molecule has 0 heterocycles. The predicted molar refractivity (Wildman–Crippen MR) is 61.7 cm³/mol. The maximum atomic E-state index is 11.6. The number of hydrogen-bond acceptors (Lipinski definition) is 2. The van der Waals surface area contributed by atoms with E-state index < -0.39 is 0 Å². The number of nitrogens with zero attached hydrogens (tertiary/aromatic N) is 1. The molecular formula is C13H14N2O. The zero-order valence-corrected chi connectivity index (χ0v) is 9.07. The van der Waals surface area contributed by atoms with Gasteiger partial charge in [0.05, 0.1) is 11.6 Å². The van der Waals surface area contributed by atoms with Crippen LogP contribution in [0.15, 0.2) is 24.3 Å². The van der Waals surface area contributed by atoms with Crippen molar-refractivity contribution >= 4 is 11.6 Å². The van der Waals surface area contributed by atoms with Crippen molar-refractivity contribution in [3.8, 4) is 6.07 Å². The molecular weight excluding hydrogens is 200 g/mol. The molecule has 82 valence electrons. The van der Waals surface area contributed by atoms with Crippen LogP contribution in [0.4, 0.5) is 5.69 Å². The standard InChI is InChI=1S/C13H14N2O/c14-9-11-5-2-6-12(7-11)15-13(16)8-10-3-1-4-10/h2,5-7,10H,1,3-4,8H2,(H,15,16). The number of carbonyl (C=O) groups excluding carboxylic acids is 1. The van der Waals surface area contributed by atoms with Gasteiger partial charge < -0.3 is 5.32 Å². The van der Waals surface area contributed by atoms with Crippen LogP contribution in [-0.2, 0) is 4.79 Å². The Morgan fingerprint density at radius 3 is 2.94 bits per heavy atom. The molecule has 0 unspecified atom stereocenters. The maximum Gasteiger partial charge on any atom is 0.224 e. The van der Waals surface area contributed by atoms with Crippen molar-refractivity contribution in [3.05, 3.63) is 29.8 Å². The van der Waals surface area contributed by atoms with Gasteiger partial charge in [0.2, 0.25) is 5.91 Å². The van der Waals surface area contributed by atoms with Gasteiger partial charge in [-0.2, -0.15) is 5.26 Å². The van der Waals surface area contributed by atoms with Crippen LogP contribution < -0.4 is 5.32 Å². The third kappa shape index (κ3) is 2.60. The van der Waals surface area contributed by atoms with Gasteiger partial charge in [-0.05, 0) is 37.0 Å². The normalized spacial score (nSPS) is 14.9. The van der Waals surface area contributed by atoms with Gasteiger partial charge in [0.15, 0.2) is 0 Å². The second-order valence-corrected chi connectivity index (χ2v) is 4.24. The number of rotatable bonds is 3. The summed E-state index contributed by atoms with van der Waals surface area (Å²) >= 11 is 0. The molecule has 1 amide bonds. The SMILES string of the molecule is N#Cc1cccc(NC(=O)CC2CCC2)c1. The highest BCUT2D eigenvalue weighted by Gasteiger charge is 2.20. The average molecular weight is 214 g/mol. The fraction of sp³-hybridized carbons (Fsp3) is 0.385. The minimum atomic E-state index is 0.0554. The molecule has 3 heteroatoms. The molecule has 0 bridgehead atoms. The van der Waals surface area contributed by atoms with Gasteiger partial charge in [-0.25, -0.2) is 0 Å². The topological polar surface area (TPSA) is 52.9 Å². The minimum Gasteiger partial charge on any atom is -0.326 e. The first-order chi connectivity index (χ1) is 7.78. The number of nitrogens with one attached hydrogen (secondary N) is 1. The number of hydrogen-bond donors (Lipinski definition) is 1. The van der Waals surface area contributed by atoms with E-state index >= 15 is 0 Å². The van der Waals surface area contributed by atoms with Crippen molar-refractivity contribution in [1.82, 2.24) is 0 Å². The van der Waals surface area contributed by atoms with Crippen LogP contribution in [0.1, 0.15) is 31.2 Å². The number of amides is 1. The summed E-state index contributed by atoms with van der Waals surface area (Å²) in [7, 11) is 0. The smallest absolute Gasteiger partial charge is 0.224 e. The van der Waals surface area contributed by atoms with E-state index in [1.807, 2.05) is 0 Å². The van der Waals surface area contributed by atoms with E-state index in [1.54, 1.807) is 24.3 Å². The van der Waals surface area contributed by atoms with Gasteiger partial charge in [-0.3, -0.25) is 4.79 Å². The van der Waals surface area contributed by atoms with Gasteiger partial charge in [-0.15, -0.1) is 0 Å². The van der Waals surface area contributed by atoms with Crippen LogP contribution in [0.3, 0.4) is 0 Å². The van der Waals surface area contributed by atoms with Crippen LogP contribution in [-0.4, -0.2) is 5.91 Å². The molecule has 0 atom stereocenters. The van der Waals surface area contributed by atoms with E-state index in [4.69, 9.17) is 5.26 Å². The summed E-state index contributed by atoms with van der Waals surface area (Å²) < 4.78 is 0. The van der Waals surface area contributed by atoms with Gasteiger partial charge in [0.1, 0.15) is 0 Å². The Hall–Kier alpha value is -1.82. The van der Waals surface area contributed by atoms with Gasteiger partial charge >= 0.3 is 0 Å². The molecule has 0 spiro atoms. The summed E-state index contributed by atoms with van der Waals surface area (Å²) in [5, 5.41) is 11.6. The third-order valence-corrected chi connectivity index (χ3v) is 2.97. The van der Waals surface area contributed by atoms with E-state index in [1.165, 1.54) is 19.3 Å². The lowest BCUT2D eigenvalue weighted by molar-refractivity contribution is -0.117. The molecule has 0 saturated heterocycles. The van der Waals surface area contributed by atoms with Gasteiger partial charge in [0, 0.05) is 12.1 Å². The molecule has 1 aliphatic carbocycles. The molecule has 0 aromatic heterocycles. The largest absolute Gasteiger partial charge is 0.326 e. The first kappa shape index (κ1) is 10.7. The molecule has 1 saturated carbocycles. The summed E-state index contributed by atoms with van der Waals surface area (Å²) in [4.78, 5) is 11.6. The van der Waals surface area contributed by atoms with E-state index in [0.29, 0.717) is 23.6 Å². The van der Waals surface area contributed by atoms with Crippen molar-refractivity contribution in [1.29, 1.82) is 5.26 Å². The molecule has 1 N–H and O–H groups in total. The molecule has 16 heavy (non-hydrogen) atoms. The third-order valence-electron chi connectivity index (χ3n) is 2.97. The van der Waals surface area contributed by atoms with Crippen LogP contribution >= 0.6 is 0 Å². The van der Waals surface area contributed by atoms with E-state index in [0.717, 1.165) is 0 Å². The summed E-state index contributed by atoms with van der Waals surface area (Å²) in [5.74, 6) is 0.624. The zero-order chi connectivity index (χ0) is 11.4. The predicted octanol–water partition coefficient (Wildman–Crippen LogP) is 2.69. The highest BCUT2D eigenvalue weighted by molar-refractivity contribution is 5.91. The van der Waals surface area contributed by atoms with Crippen molar-refractivity contribution in [2.75, 3.05) is 5.32 Å². The number of carbonyl (C=O) groups is 1. The molecule has 3 nitrogen and oxygen atoms in total. The van der Waals surface area contributed by atoms with Crippen molar-refractivity contribution in [3.63, 3.8) is 0 Å². The van der Waals surface area contributed by atoms with Crippen molar-refractivity contribution in [2.24, 2.45) is 5.92 Å². The highest BCUT2D eigenvalue weighted by Crippen LogP contribution is 2.29. The second-order valence-electron chi connectivity index (χ2n) is 4.24. The number of nitriles is 1. The molecule has 1 aromatic rings. The van der Waals surface area contributed by atoms with Crippen LogP contribution in [0.25, 0.3) is 0 Å². The van der Waals surface area contributed by atoms with Crippen molar-refractivity contribution < 1.29 is 4.79 Å². The summed E-state index contributed by atoms with van der Waals surface area (Å²) in [6, 6.07) is 9.05. The van der Waals surface area contributed by atoms with Crippen LogP contribution in [0.2, 0.25) is 0 Å². The van der Waals surface area contributed by atoms with Gasteiger partial charge in [0.25, 0.3) is 0 Å². The number of anilines is 1. The summed E-state index contributed by atoms with van der Waals surface area (Å²) in [6.07, 6.45) is 4.20. The monoisotopic (exact) mass is 214 g/mol. The zero-order valence-electron chi connectivity index (χ0n) is 9.07. The fourth-order valence-electron chi connectivity index (χ4n) is 1.84. The Morgan fingerprint density at radius 2 is 2.31 bits per heavy atom. The molecule has 0 aliphatic heterocycles. The van der Waals surface area contributed by atoms with Crippen LogP contribution in [0, 0.1) is 17.2 Å². The first-order valence-corrected chi connectivity index (χ1v) is 5.58. The molecule has 1 aromatic carbocycles. The lowest BCUT2D eigenvalue weighted by Crippen LogP contribution is -2.20. The number of benzene rings is 1. The summed E-state index contributed by atoms with van der Waals surface area (Å²) in [6.45, 7) is 0. The lowest BCUT2D eigenvalue weighted by atomic mass is 9.83. The van der Waals surface area contributed by atoms with E-state index in [-0.39, 0.29) is 5.91 Å².